The van der Waals surface area contributed by atoms with E-state index in [2.05, 4.69) is 4.98 Å². The number of halogens is 2. The highest BCUT2D eigenvalue weighted by Crippen LogP contribution is 2.25. The lowest BCUT2D eigenvalue weighted by molar-refractivity contribution is -0.138. The quantitative estimate of drug-likeness (QED) is 0.804. The molecule has 0 atom stereocenters. The third-order valence-electron chi connectivity index (χ3n) is 4.43. The minimum absolute atomic E-state index is 0.0307. The monoisotopic (exact) mass is 391 g/mol. The molecule has 2 heterocycles. The maximum Gasteiger partial charge on any atom is 0.228 e. The Morgan fingerprint density at radius 1 is 0.846 bits per heavy atom. The highest BCUT2D eigenvalue weighted by molar-refractivity contribution is 6.36. The van der Waals surface area contributed by atoms with Gasteiger partial charge in [-0.05, 0) is 29.8 Å². The molecule has 3 rings (SSSR count). The summed E-state index contributed by atoms with van der Waals surface area (Å²) in [6.07, 6.45) is 2.13. The molecule has 0 radical (unpaired) electrons. The molecule has 0 bridgehead atoms. The van der Waals surface area contributed by atoms with E-state index in [9.17, 15) is 9.59 Å². The van der Waals surface area contributed by atoms with Crippen molar-refractivity contribution >= 4 is 35.0 Å². The Labute approximate surface area is 162 Å². The number of benzene rings is 1. The molecule has 0 aliphatic carbocycles. The van der Waals surface area contributed by atoms with Crippen LogP contribution in [0.25, 0.3) is 0 Å². The van der Waals surface area contributed by atoms with Gasteiger partial charge in [-0.3, -0.25) is 14.6 Å². The van der Waals surface area contributed by atoms with E-state index in [4.69, 9.17) is 23.2 Å². The van der Waals surface area contributed by atoms with Crippen molar-refractivity contribution in [1.29, 1.82) is 0 Å². The first-order valence-corrected chi connectivity index (χ1v) is 9.18. The Hall–Kier alpha value is -2.11. The Bertz CT molecular complexity index is 770. The van der Waals surface area contributed by atoms with Crippen molar-refractivity contribution in [1.82, 2.24) is 14.8 Å². The molecule has 0 unspecified atom stereocenters. The van der Waals surface area contributed by atoms with E-state index in [-0.39, 0.29) is 24.7 Å². The highest BCUT2D eigenvalue weighted by atomic mass is 35.5. The van der Waals surface area contributed by atoms with E-state index in [1.807, 2.05) is 18.2 Å². The summed E-state index contributed by atoms with van der Waals surface area (Å²) in [6.45, 7) is 2.06. The van der Waals surface area contributed by atoms with Crippen LogP contribution in [0.5, 0.6) is 0 Å². The summed E-state index contributed by atoms with van der Waals surface area (Å²) in [5, 5.41) is 0.991. The van der Waals surface area contributed by atoms with Crippen molar-refractivity contribution in [2.45, 2.75) is 12.8 Å². The highest BCUT2D eigenvalue weighted by Gasteiger charge is 2.25. The van der Waals surface area contributed by atoms with Gasteiger partial charge in [0.15, 0.2) is 0 Å². The Morgan fingerprint density at radius 3 is 1.96 bits per heavy atom. The summed E-state index contributed by atoms with van der Waals surface area (Å²) >= 11 is 12.3. The standard InChI is InChI=1S/C19H19Cl2N3O2/c20-16-5-3-6-17(21)15(16)13-19(26)24-10-8-23(9-11-24)18(25)12-14-4-1-2-7-22-14/h1-7H,8-13H2. The number of hydrogen-bond donors (Lipinski definition) is 0. The number of carbonyl (C=O) groups excluding carboxylic acids is 2. The van der Waals surface area contributed by atoms with Gasteiger partial charge in [-0.25, -0.2) is 0 Å². The molecule has 2 aromatic rings. The van der Waals surface area contributed by atoms with Crippen LogP contribution in [0.15, 0.2) is 42.6 Å². The van der Waals surface area contributed by atoms with Crippen LogP contribution in [-0.4, -0.2) is 52.8 Å². The molecule has 0 N–H and O–H groups in total. The predicted molar refractivity (Wildman–Crippen MR) is 101 cm³/mol. The van der Waals surface area contributed by atoms with Crippen LogP contribution >= 0.6 is 23.2 Å². The first-order valence-electron chi connectivity index (χ1n) is 8.43. The van der Waals surface area contributed by atoms with Crippen LogP contribution in [0.4, 0.5) is 0 Å². The van der Waals surface area contributed by atoms with Gasteiger partial charge in [-0.1, -0.05) is 35.3 Å². The zero-order valence-corrected chi connectivity index (χ0v) is 15.7. The summed E-state index contributed by atoms with van der Waals surface area (Å²) < 4.78 is 0. The number of amides is 2. The molecular weight excluding hydrogens is 373 g/mol. The molecule has 1 aliphatic rings. The average molecular weight is 392 g/mol. The molecule has 26 heavy (non-hydrogen) atoms. The smallest absolute Gasteiger partial charge is 0.228 e. The van der Waals surface area contributed by atoms with Crippen LogP contribution in [-0.2, 0) is 22.4 Å². The minimum atomic E-state index is -0.0307. The van der Waals surface area contributed by atoms with Crippen molar-refractivity contribution < 1.29 is 9.59 Å². The van der Waals surface area contributed by atoms with Crippen LogP contribution in [0.3, 0.4) is 0 Å². The van der Waals surface area contributed by atoms with E-state index in [1.54, 1.807) is 34.2 Å². The van der Waals surface area contributed by atoms with Crippen LogP contribution in [0.2, 0.25) is 10.0 Å². The first kappa shape index (κ1) is 18.7. The molecule has 0 saturated carbocycles. The minimum Gasteiger partial charge on any atom is -0.339 e. The summed E-state index contributed by atoms with van der Waals surface area (Å²) in [5.74, 6) is 0.00164. The van der Waals surface area contributed by atoms with Crippen molar-refractivity contribution in [2.75, 3.05) is 26.2 Å². The summed E-state index contributed by atoms with van der Waals surface area (Å²) in [7, 11) is 0. The normalized spacial score (nSPS) is 14.4. The number of carbonyl (C=O) groups is 2. The fourth-order valence-electron chi connectivity index (χ4n) is 2.94. The lowest BCUT2D eigenvalue weighted by atomic mass is 10.1. The second kappa shape index (κ2) is 8.52. The fraction of sp³-hybridized carbons (Fsp3) is 0.316. The van der Waals surface area contributed by atoms with E-state index >= 15 is 0 Å². The number of pyridine rings is 1. The van der Waals surface area contributed by atoms with Gasteiger partial charge in [0, 0.05) is 48.1 Å². The van der Waals surface area contributed by atoms with Crippen molar-refractivity contribution in [3.63, 3.8) is 0 Å². The molecule has 1 aliphatic heterocycles. The van der Waals surface area contributed by atoms with Crippen molar-refractivity contribution in [2.24, 2.45) is 0 Å². The third-order valence-corrected chi connectivity index (χ3v) is 5.14. The molecule has 1 aromatic heterocycles. The van der Waals surface area contributed by atoms with Gasteiger partial charge in [0.1, 0.15) is 0 Å². The predicted octanol–water partition coefficient (Wildman–Crippen LogP) is 2.84. The number of rotatable bonds is 4. The van der Waals surface area contributed by atoms with E-state index < -0.39 is 0 Å². The molecule has 1 saturated heterocycles. The van der Waals surface area contributed by atoms with E-state index in [0.717, 1.165) is 5.69 Å². The lowest BCUT2D eigenvalue weighted by Crippen LogP contribution is -2.51. The summed E-state index contributed by atoms with van der Waals surface area (Å²) in [5.41, 5.74) is 1.40. The van der Waals surface area contributed by atoms with Gasteiger partial charge in [0.25, 0.3) is 0 Å². The molecule has 5 nitrogen and oxygen atoms in total. The molecule has 0 spiro atoms. The molecule has 2 amide bonds. The van der Waals surface area contributed by atoms with Gasteiger partial charge < -0.3 is 9.80 Å². The maximum absolute atomic E-state index is 12.5. The lowest BCUT2D eigenvalue weighted by Gasteiger charge is -2.35. The topological polar surface area (TPSA) is 53.5 Å². The van der Waals surface area contributed by atoms with Crippen LogP contribution < -0.4 is 0 Å². The second-order valence-corrected chi connectivity index (χ2v) is 6.95. The molecule has 136 valence electrons. The maximum atomic E-state index is 12.5. The van der Waals surface area contributed by atoms with Crippen molar-refractivity contribution in [3.8, 4) is 0 Å². The summed E-state index contributed by atoms with van der Waals surface area (Å²) in [4.78, 5) is 32.6. The Kier molecular flexibility index (Phi) is 6.12. The zero-order chi connectivity index (χ0) is 18.5. The second-order valence-electron chi connectivity index (χ2n) is 6.14. The number of aromatic nitrogens is 1. The first-order chi connectivity index (χ1) is 12.5. The molecule has 7 heteroatoms. The number of hydrogen-bond acceptors (Lipinski definition) is 3. The van der Waals surface area contributed by atoms with E-state index in [0.29, 0.717) is 41.8 Å². The Balaban J connectivity index is 1.53. The summed E-state index contributed by atoms with van der Waals surface area (Å²) in [6, 6.07) is 10.7. The van der Waals surface area contributed by atoms with Crippen molar-refractivity contribution in [3.05, 3.63) is 63.9 Å². The SMILES string of the molecule is O=C(Cc1ccccn1)N1CCN(C(=O)Cc2c(Cl)cccc2Cl)CC1. The molecule has 1 fully saturated rings. The van der Waals surface area contributed by atoms with Gasteiger partial charge >= 0.3 is 0 Å². The fourth-order valence-corrected chi connectivity index (χ4v) is 3.47. The average Bonchev–Trinajstić information content (AvgIpc) is 2.65. The number of piperazine rings is 1. The molecule has 1 aromatic carbocycles. The molecular formula is C19H19Cl2N3O2. The van der Waals surface area contributed by atoms with Crippen LogP contribution in [0.1, 0.15) is 11.3 Å². The zero-order valence-electron chi connectivity index (χ0n) is 14.2. The van der Waals surface area contributed by atoms with Gasteiger partial charge in [0.05, 0.1) is 12.8 Å². The Morgan fingerprint density at radius 2 is 1.42 bits per heavy atom. The van der Waals surface area contributed by atoms with E-state index in [1.165, 1.54) is 0 Å². The number of nitrogens with zero attached hydrogens (tertiary/aromatic N) is 3. The van der Waals surface area contributed by atoms with Gasteiger partial charge in [-0.2, -0.15) is 0 Å². The van der Waals surface area contributed by atoms with Crippen LogP contribution in [0, 0.1) is 0 Å². The van der Waals surface area contributed by atoms with Gasteiger partial charge in [-0.15, -0.1) is 0 Å². The van der Waals surface area contributed by atoms with Gasteiger partial charge in [0.2, 0.25) is 11.8 Å². The third kappa shape index (κ3) is 4.54. The largest absolute Gasteiger partial charge is 0.339 e.